The molecular formula is C14H15N3O4. The van der Waals surface area contributed by atoms with Gasteiger partial charge in [0.15, 0.2) is 0 Å². The molecule has 1 fully saturated rings. The van der Waals surface area contributed by atoms with Gasteiger partial charge in [0.1, 0.15) is 6.10 Å². The van der Waals surface area contributed by atoms with E-state index in [4.69, 9.17) is 9.15 Å². The van der Waals surface area contributed by atoms with E-state index in [0.29, 0.717) is 6.54 Å². The number of carbonyl (C=O) groups is 1. The minimum absolute atomic E-state index is 0.237. The topological polar surface area (TPSA) is 88.4 Å². The van der Waals surface area contributed by atoms with Crippen LogP contribution in [-0.4, -0.2) is 28.9 Å². The van der Waals surface area contributed by atoms with Gasteiger partial charge in [-0.2, -0.15) is 0 Å². The summed E-state index contributed by atoms with van der Waals surface area (Å²) in [5.74, 6) is -0.373. The van der Waals surface area contributed by atoms with E-state index in [1.54, 1.807) is 4.90 Å². The normalized spacial score (nSPS) is 18.0. The van der Waals surface area contributed by atoms with Crippen LogP contribution in [0.1, 0.15) is 18.4 Å². The van der Waals surface area contributed by atoms with Crippen LogP contribution in [0.5, 0.6) is 0 Å². The van der Waals surface area contributed by atoms with Gasteiger partial charge in [0.2, 0.25) is 5.89 Å². The maximum atomic E-state index is 11.9. The summed E-state index contributed by atoms with van der Waals surface area (Å²) in [6.45, 7) is 2.48. The minimum atomic E-state index is -0.610. The van der Waals surface area contributed by atoms with Crippen LogP contribution in [0.15, 0.2) is 33.5 Å². The molecule has 1 N–H and O–H groups in total. The van der Waals surface area contributed by atoms with E-state index in [2.05, 4.69) is 17.1 Å². The van der Waals surface area contributed by atoms with Crippen LogP contribution in [0.25, 0.3) is 0 Å². The first-order valence-corrected chi connectivity index (χ1v) is 6.77. The fourth-order valence-electron chi connectivity index (χ4n) is 2.29. The second-order valence-corrected chi connectivity index (χ2v) is 4.85. The molecule has 1 atom stereocenters. The number of rotatable bonds is 4. The summed E-state index contributed by atoms with van der Waals surface area (Å²) in [4.78, 5) is 24.4. The molecule has 2 aromatic rings. The van der Waals surface area contributed by atoms with Gasteiger partial charge in [-0.3, -0.25) is 4.90 Å². The number of aromatic amines is 1. The van der Waals surface area contributed by atoms with Crippen molar-refractivity contribution in [3.8, 4) is 0 Å². The molecule has 0 saturated carbocycles. The Labute approximate surface area is 120 Å². The number of aryl methyl sites for hydroxylation is 1. The highest BCUT2D eigenvalue weighted by Gasteiger charge is 2.33. The smallest absolute Gasteiger partial charge is 0.434 e. The quantitative estimate of drug-likeness (QED) is 0.921. The predicted octanol–water partition coefficient (Wildman–Crippen LogP) is 1.49. The van der Waals surface area contributed by atoms with Crippen molar-refractivity contribution in [1.29, 1.82) is 0 Å². The van der Waals surface area contributed by atoms with Gasteiger partial charge >= 0.3 is 11.8 Å². The second kappa shape index (κ2) is 5.43. The van der Waals surface area contributed by atoms with Crippen molar-refractivity contribution < 1.29 is 13.9 Å². The maximum Gasteiger partial charge on any atom is 0.434 e. The molecular weight excluding hydrogens is 274 g/mol. The Morgan fingerprint density at radius 2 is 2.10 bits per heavy atom. The molecule has 0 bridgehead atoms. The first-order valence-electron chi connectivity index (χ1n) is 6.77. The van der Waals surface area contributed by atoms with Crippen molar-refractivity contribution >= 4 is 11.8 Å². The average Bonchev–Trinajstić information content (AvgIpc) is 3.05. The van der Waals surface area contributed by atoms with E-state index >= 15 is 0 Å². The molecule has 0 aliphatic carbocycles. The zero-order valence-electron chi connectivity index (χ0n) is 11.5. The molecule has 110 valence electrons. The number of hydrogen-bond donors (Lipinski definition) is 1. The zero-order chi connectivity index (χ0) is 14.8. The summed E-state index contributed by atoms with van der Waals surface area (Å²) in [6, 6.07) is 7.78. The number of ether oxygens (including phenoxy) is 1. The van der Waals surface area contributed by atoms with E-state index in [1.165, 1.54) is 5.56 Å². The molecule has 0 radical (unpaired) electrons. The number of carbonyl (C=O) groups excluding carboxylic acids is 1. The molecule has 3 rings (SSSR count). The fourth-order valence-corrected chi connectivity index (χ4v) is 2.29. The van der Waals surface area contributed by atoms with E-state index in [9.17, 15) is 9.59 Å². The van der Waals surface area contributed by atoms with Crippen LogP contribution in [0.4, 0.5) is 10.5 Å². The summed E-state index contributed by atoms with van der Waals surface area (Å²) in [5, 5.41) is 5.89. The van der Waals surface area contributed by atoms with Gasteiger partial charge in [-0.15, -0.1) is 5.10 Å². The molecule has 1 aliphatic rings. The fraction of sp³-hybridized carbons (Fsp3) is 0.357. The number of aromatic nitrogens is 2. The summed E-state index contributed by atoms with van der Waals surface area (Å²) in [6.07, 6.45) is 0.441. The van der Waals surface area contributed by atoms with Crippen LogP contribution in [-0.2, 0) is 17.6 Å². The van der Waals surface area contributed by atoms with E-state index in [0.717, 1.165) is 12.1 Å². The van der Waals surface area contributed by atoms with Crippen LogP contribution in [0, 0.1) is 0 Å². The first-order chi connectivity index (χ1) is 10.2. The van der Waals surface area contributed by atoms with E-state index in [-0.39, 0.29) is 18.4 Å². The summed E-state index contributed by atoms with van der Waals surface area (Å²) in [7, 11) is 0. The lowest BCUT2D eigenvalue weighted by Crippen LogP contribution is -2.25. The van der Waals surface area contributed by atoms with Crippen molar-refractivity contribution in [2.24, 2.45) is 0 Å². The Morgan fingerprint density at radius 1 is 1.33 bits per heavy atom. The van der Waals surface area contributed by atoms with Gasteiger partial charge in [-0.05, 0) is 24.1 Å². The highest BCUT2D eigenvalue weighted by atomic mass is 16.6. The van der Waals surface area contributed by atoms with Gasteiger partial charge in [-0.1, -0.05) is 19.1 Å². The molecule has 0 spiro atoms. The van der Waals surface area contributed by atoms with Gasteiger partial charge in [0.05, 0.1) is 13.0 Å². The van der Waals surface area contributed by atoms with Crippen molar-refractivity contribution in [2.45, 2.75) is 25.9 Å². The molecule has 21 heavy (non-hydrogen) atoms. The van der Waals surface area contributed by atoms with E-state index < -0.39 is 11.8 Å². The Kier molecular flexibility index (Phi) is 3.47. The molecule has 1 saturated heterocycles. The molecule has 1 amide bonds. The number of amides is 1. The zero-order valence-corrected chi connectivity index (χ0v) is 11.5. The molecule has 1 aliphatic heterocycles. The molecule has 1 aromatic carbocycles. The molecule has 7 nitrogen and oxygen atoms in total. The van der Waals surface area contributed by atoms with Crippen molar-refractivity contribution in [3.05, 3.63) is 46.3 Å². The lowest BCUT2D eigenvalue weighted by atomic mass is 10.1. The Hall–Kier alpha value is -2.57. The average molecular weight is 289 g/mol. The Balaban J connectivity index is 1.70. The van der Waals surface area contributed by atoms with Gasteiger partial charge in [0, 0.05) is 5.69 Å². The monoisotopic (exact) mass is 289 g/mol. The van der Waals surface area contributed by atoms with Crippen molar-refractivity contribution in [3.63, 3.8) is 0 Å². The van der Waals surface area contributed by atoms with Crippen LogP contribution in [0.3, 0.4) is 0 Å². The van der Waals surface area contributed by atoms with Gasteiger partial charge < -0.3 is 9.15 Å². The number of anilines is 1. The third kappa shape index (κ3) is 2.81. The molecule has 2 heterocycles. The lowest BCUT2D eigenvalue weighted by molar-refractivity contribution is 0.137. The Bertz CT molecular complexity index is 689. The molecule has 1 aromatic heterocycles. The highest BCUT2D eigenvalue weighted by molar-refractivity contribution is 5.89. The first kappa shape index (κ1) is 13.4. The van der Waals surface area contributed by atoms with Gasteiger partial charge in [-0.25, -0.2) is 14.7 Å². The number of H-pyrrole nitrogens is 1. The summed E-state index contributed by atoms with van der Waals surface area (Å²) < 4.78 is 10.1. The van der Waals surface area contributed by atoms with Crippen LogP contribution >= 0.6 is 0 Å². The maximum absolute atomic E-state index is 11.9. The summed E-state index contributed by atoms with van der Waals surface area (Å²) >= 11 is 0. The van der Waals surface area contributed by atoms with Crippen molar-refractivity contribution in [1.82, 2.24) is 10.2 Å². The Morgan fingerprint density at radius 3 is 2.71 bits per heavy atom. The third-order valence-corrected chi connectivity index (χ3v) is 3.42. The number of nitrogens with one attached hydrogen (secondary N) is 1. The molecule has 7 heteroatoms. The van der Waals surface area contributed by atoms with Crippen LogP contribution < -0.4 is 10.7 Å². The lowest BCUT2D eigenvalue weighted by Gasteiger charge is -2.13. The van der Waals surface area contributed by atoms with Crippen LogP contribution in [0.2, 0.25) is 0 Å². The number of cyclic esters (lactones) is 1. The van der Waals surface area contributed by atoms with E-state index in [1.807, 2.05) is 24.3 Å². The van der Waals surface area contributed by atoms with Gasteiger partial charge in [0.25, 0.3) is 0 Å². The second-order valence-electron chi connectivity index (χ2n) is 4.85. The number of nitrogens with zero attached hydrogens (tertiary/aromatic N) is 2. The largest absolute Gasteiger partial charge is 0.443 e. The third-order valence-electron chi connectivity index (χ3n) is 3.42. The summed E-state index contributed by atoms with van der Waals surface area (Å²) in [5.41, 5.74) is 2.00. The minimum Gasteiger partial charge on any atom is -0.443 e. The molecule has 1 unspecified atom stereocenters. The SMILES string of the molecule is CCc1ccc(N2CC(Cc3n[nH]c(=O)o3)OC2=O)cc1. The number of benzene rings is 1. The highest BCUT2D eigenvalue weighted by Crippen LogP contribution is 2.23. The standard InChI is InChI=1S/C14H15N3O4/c1-2-9-3-5-10(6-4-9)17-8-11(20-14(17)19)7-12-15-16-13(18)21-12/h3-6,11H,2,7-8H2,1H3,(H,16,18). The van der Waals surface area contributed by atoms with Crippen molar-refractivity contribution in [2.75, 3.05) is 11.4 Å². The number of hydrogen-bond acceptors (Lipinski definition) is 5. The predicted molar refractivity (Wildman–Crippen MR) is 74.3 cm³/mol.